The molecule has 0 spiro atoms. The second-order valence-electron chi connectivity index (χ2n) is 4.21. The predicted molar refractivity (Wildman–Crippen MR) is 65.3 cm³/mol. The molecule has 0 radical (unpaired) electrons. The summed E-state index contributed by atoms with van der Waals surface area (Å²) in [6.45, 7) is 0. The molecule has 1 aromatic rings. The van der Waals surface area contributed by atoms with E-state index in [2.05, 4.69) is 4.98 Å². The molecule has 1 heterocycles. The van der Waals surface area contributed by atoms with Gasteiger partial charge in [0.25, 0.3) is 5.56 Å². The molecule has 1 fully saturated rings. The Labute approximate surface area is 104 Å². The Morgan fingerprint density at radius 3 is 2.44 bits per heavy atom. The van der Waals surface area contributed by atoms with E-state index >= 15 is 0 Å². The summed E-state index contributed by atoms with van der Waals surface area (Å²) in [4.78, 5) is 15.8. The summed E-state index contributed by atoms with van der Waals surface area (Å²) >= 11 is 11.5. The molecule has 0 aliphatic heterocycles. The molecule has 1 aromatic heterocycles. The van der Waals surface area contributed by atoms with Crippen LogP contribution in [-0.2, 0) is 0 Å². The summed E-state index contributed by atoms with van der Waals surface area (Å²) in [7, 11) is 0. The molecule has 0 aromatic carbocycles. The fourth-order valence-electron chi connectivity index (χ4n) is 2.22. The predicted octanol–water partition coefficient (Wildman–Crippen LogP) is 3.45. The lowest BCUT2D eigenvalue weighted by molar-refractivity contribution is 0.427. The first-order valence-electron chi connectivity index (χ1n) is 5.62. The largest absolute Gasteiger partial charge is 0.295 e. The van der Waals surface area contributed by atoms with E-state index in [1.807, 2.05) is 0 Å². The number of nitrogens with zero attached hydrogens (tertiary/aromatic N) is 2. The van der Waals surface area contributed by atoms with Gasteiger partial charge in [-0.1, -0.05) is 48.9 Å². The van der Waals surface area contributed by atoms with Gasteiger partial charge in [0.15, 0.2) is 5.15 Å². The van der Waals surface area contributed by atoms with Crippen molar-refractivity contribution in [1.29, 1.82) is 0 Å². The zero-order valence-corrected chi connectivity index (χ0v) is 10.5. The molecule has 0 atom stereocenters. The topological polar surface area (TPSA) is 34.9 Å². The van der Waals surface area contributed by atoms with Gasteiger partial charge in [-0.15, -0.1) is 0 Å². The third kappa shape index (κ3) is 2.41. The summed E-state index contributed by atoms with van der Waals surface area (Å²) in [6, 6.07) is 0.234. The van der Waals surface area contributed by atoms with E-state index in [-0.39, 0.29) is 21.8 Å². The molecule has 0 unspecified atom stereocenters. The highest BCUT2D eigenvalue weighted by atomic mass is 35.5. The summed E-state index contributed by atoms with van der Waals surface area (Å²) in [6.07, 6.45) is 8.40. The standard InChI is InChI=1S/C11H14Cl2N2O/c12-9-10(13)14-7-15(11(9)16)8-5-3-1-2-4-6-8/h7-8H,1-6H2. The smallest absolute Gasteiger partial charge is 0.273 e. The zero-order chi connectivity index (χ0) is 11.5. The van der Waals surface area contributed by atoms with Gasteiger partial charge in [0.1, 0.15) is 5.02 Å². The Hall–Kier alpha value is -0.540. The number of rotatable bonds is 1. The van der Waals surface area contributed by atoms with Crippen molar-refractivity contribution in [2.45, 2.75) is 44.6 Å². The molecule has 5 heteroatoms. The van der Waals surface area contributed by atoms with Crippen molar-refractivity contribution >= 4 is 23.2 Å². The molecule has 3 nitrogen and oxygen atoms in total. The van der Waals surface area contributed by atoms with Gasteiger partial charge < -0.3 is 0 Å². The number of hydrogen-bond donors (Lipinski definition) is 0. The Morgan fingerprint density at radius 1 is 1.19 bits per heavy atom. The van der Waals surface area contributed by atoms with Crippen molar-refractivity contribution in [1.82, 2.24) is 9.55 Å². The lowest BCUT2D eigenvalue weighted by Crippen LogP contribution is -2.25. The molecule has 0 N–H and O–H groups in total. The van der Waals surface area contributed by atoms with E-state index in [1.165, 1.54) is 19.2 Å². The zero-order valence-electron chi connectivity index (χ0n) is 8.96. The molecule has 0 saturated heterocycles. The normalized spacial score (nSPS) is 18.4. The van der Waals surface area contributed by atoms with E-state index < -0.39 is 0 Å². The molecule has 1 aliphatic carbocycles. The Bertz CT molecular complexity index is 422. The summed E-state index contributed by atoms with van der Waals surface area (Å²) in [5, 5.41) is 0.130. The van der Waals surface area contributed by atoms with Crippen molar-refractivity contribution < 1.29 is 0 Å². The lowest BCUT2D eigenvalue weighted by Gasteiger charge is -2.17. The molecule has 88 valence electrons. The first kappa shape index (κ1) is 11.9. The van der Waals surface area contributed by atoms with Gasteiger partial charge in [0, 0.05) is 6.04 Å². The van der Waals surface area contributed by atoms with E-state index in [9.17, 15) is 4.79 Å². The van der Waals surface area contributed by atoms with Gasteiger partial charge in [-0.2, -0.15) is 0 Å². The van der Waals surface area contributed by atoms with Crippen LogP contribution in [0.2, 0.25) is 10.2 Å². The van der Waals surface area contributed by atoms with Crippen LogP contribution in [-0.4, -0.2) is 9.55 Å². The monoisotopic (exact) mass is 260 g/mol. The highest BCUT2D eigenvalue weighted by molar-refractivity contribution is 6.40. The van der Waals surface area contributed by atoms with Crippen molar-refractivity contribution in [2.75, 3.05) is 0 Å². The Kier molecular flexibility index (Phi) is 3.87. The SMILES string of the molecule is O=c1c(Cl)c(Cl)ncn1C1CCCCCC1. The van der Waals surface area contributed by atoms with E-state index in [1.54, 1.807) is 4.57 Å². The third-order valence-electron chi connectivity index (χ3n) is 3.12. The lowest BCUT2D eigenvalue weighted by atomic mass is 10.1. The van der Waals surface area contributed by atoms with Crippen LogP contribution in [0.3, 0.4) is 0 Å². The first-order valence-corrected chi connectivity index (χ1v) is 6.38. The van der Waals surface area contributed by atoms with Crippen LogP contribution in [0, 0.1) is 0 Å². The molecule has 1 saturated carbocycles. The number of halogens is 2. The molecule has 2 rings (SSSR count). The second kappa shape index (κ2) is 5.19. The van der Waals surface area contributed by atoms with Gasteiger partial charge in [0.2, 0.25) is 0 Å². The molecule has 0 bridgehead atoms. The Balaban J connectivity index is 2.32. The molecular weight excluding hydrogens is 247 g/mol. The van der Waals surface area contributed by atoms with Crippen molar-refractivity contribution in [3.05, 3.63) is 26.9 Å². The minimum Gasteiger partial charge on any atom is -0.295 e. The van der Waals surface area contributed by atoms with Crippen LogP contribution in [0.1, 0.15) is 44.6 Å². The van der Waals surface area contributed by atoms with E-state index in [4.69, 9.17) is 23.2 Å². The number of aromatic nitrogens is 2. The van der Waals surface area contributed by atoms with Crippen LogP contribution >= 0.6 is 23.2 Å². The number of hydrogen-bond acceptors (Lipinski definition) is 2. The maximum absolute atomic E-state index is 11.9. The summed E-state index contributed by atoms with van der Waals surface area (Å²) < 4.78 is 1.64. The van der Waals surface area contributed by atoms with Gasteiger partial charge in [-0.05, 0) is 12.8 Å². The Morgan fingerprint density at radius 2 is 1.81 bits per heavy atom. The molecular formula is C11H14Cl2N2O. The van der Waals surface area contributed by atoms with E-state index in [0.717, 1.165) is 25.7 Å². The van der Waals surface area contributed by atoms with Gasteiger partial charge in [0.05, 0.1) is 6.33 Å². The maximum Gasteiger partial charge on any atom is 0.273 e. The van der Waals surface area contributed by atoms with Crippen LogP contribution in [0.25, 0.3) is 0 Å². The third-order valence-corrected chi connectivity index (χ3v) is 3.84. The van der Waals surface area contributed by atoms with Crippen LogP contribution in [0.15, 0.2) is 11.1 Å². The van der Waals surface area contributed by atoms with Crippen molar-refractivity contribution in [2.24, 2.45) is 0 Å². The maximum atomic E-state index is 11.9. The quantitative estimate of drug-likeness (QED) is 0.573. The van der Waals surface area contributed by atoms with Crippen LogP contribution in [0.4, 0.5) is 0 Å². The average molecular weight is 261 g/mol. The van der Waals surface area contributed by atoms with Gasteiger partial charge >= 0.3 is 0 Å². The van der Waals surface area contributed by atoms with E-state index in [0.29, 0.717) is 0 Å². The fourth-order valence-corrected chi connectivity index (χ4v) is 2.49. The second-order valence-corrected chi connectivity index (χ2v) is 4.94. The van der Waals surface area contributed by atoms with Crippen LogP contribution < -0.4 is 5.56 Å². The van der Waals surface area contributed by atoms with Crippen LogP contribution in [0.5, 0.6) is 0 Å². The minimum atomic E-state index is -0.214. The van der Waals surface area contributed by atoms with Crippen molar-refractivity contribution in [3.8, 4) is 0 Å². The molecule has 16 heavy (non-hydrogen) atoms. The average Bonchev–Trinajstić information content (AvgIpc) is 2.55. The first-order chi connectivity index (χ1) is 7.70. The highest BCUT2D eigenvalue weighted by Crippen LogP contribution is 2.26. The highest BCUT2D eigenvalue weighted by Gasteiger charge is 2.17. The fraction of sp³-hybridized carbons (Fsp3) is 0.636. The van der Waals surface area contributed by atoms with Crippen molar-refractivity contribution in [3.63, 3.8) is 0 Å². The summed E-state index contributed by atoms with van der Waals surface area (Å²) in [5.41, 5.74) is -0.214. The summed E-state index contributed by atoms with van der Waals surface area (Å²) in [5.74, 6) is 0. The molecule has 1 aliphatic rings. The van der Waals surface area contributed by atoms with Gasteiger partial charge in [-0.25, -0.2) is 4.98 Å². The molecule has 0 amide bonds. The van der Waals surface area contributed by atoms with Gasteiger partial charge in [-0.3, -0.25) is 9.36 Å². The minimum absolute atomic E-state index is 0.0356.